The van der Waals surface area contributed by atoms with Crippen molar-refractivity contribution in [2.75, 3.05) is 14.2 Å². The van der Waals surface area contributed by atoms with Crippen LogP contribution in [-0.4, -0.2) is 24.4 Å². The summed E-state index contributed by atoms with van der Waals surface area (Å²) in [7, 11) is 3.72. The van der Waals surface area contributed by atoms with Crippen molar-refractivity contribution in [2.24, 2.45) is 0 Å². The maximum absolute atomic E-state index is 5.36. The second-order valence-corrected chi connectivity index (χ2v) is 6.01. The highest BCUT2D eigenvalue weighted by atomic mass is 32.2. The van der Waals surface area contributed by atoms with E-state index in [-0.39, 0.29) is 0 Å². The summed E-state index contributed by atoms with van der Waals surface area (Å²) in [6, 6.07) is 6.64. The molecule has 1 aromatic heterocycles. The van der Waals surface area contributed by atoms with Crippen LogP contribution in [0.5, 0.6) is 5.75 Å². The summed E-state index contributed by atoms with van der Waals surface area (Å²) in [5.41, 5.74) is 2.72. The van der Waals surface area contributed by atoms with Crippen molar-refractivity contribution in [1.29, 1.82) is 0 Å². The van der Waals surface area contributed by atoms with Gasteiger partial charge in [0.1, 0.15) is 12.0 Å². The number of aryl methyl sites for hydroxylation is 1. The Labute approximate surface area is 122 Å². The van der Waals surface area contributed by atoms with Crippen LogP contribution in [0.15, 0.2) is 40.3 Å². The van der Waals surface area contributed by atoms with Gasteiger partial charge in [0.2, 0.25) is 0 Å². The molecule has 0 aliphatic heterocycles. The number of nitrogens with one attached hydrogen (secondary N) is 1. The molecule has 2 aromatic rings. The van der Waals surface area contributed by atoms with Crippen molar-refractivity contribution >= 4 is 11.8 Å². The Kier molecular flexibility index (Phi) is 3.98. The number of fused-ring (bicyclic) bond motifs is 1. The van der Waals surface area contributed by atoms with Crippen molar-refractivity contribution in [3.63, 3.8) is 0 Å². The summed E-state index contributed by atoms with van der Waals surface area (Å²) < 4.78 is 10.7. The third kappa shape index (κ3) is 2.55. The first-order valence-corrected chi connectivity index (χ1v) is 7.60. The van der Waals surface area contributed by atoms with Crippen LogP contribution in [0.3, 0.4) is 0 Å². The standard InChI is InChI=1S/C15H18N2O2S/c1-16-14-12-5-4-11(18-2)9-10(12)3-6-13(14)20-15-17-7-8-19-15/h4-5,7-9,13-14,16H,3,6H2,1-2H3. The first-order chi connectivity index (χ1) is 9.81. The molecule has 5 heteroatoms. The van der Waals surface area contributed by atoms with E-state index >= 15 is 0 Å². The van der Waals surface area contributed by atoms with Crippen molar-refractivity contribution in [3.05, 3.63) is 41.8 Å². The predicted octanol–water partition coefficient (Wildman–Crippen LogP) is 3.05. The van der Waals surface area contributed by atoms with Gasteiger partial charge >= 0.3 is 0 Å². The molecule has 0 fully saturated rings. The number of hydrogen-bond acceptors (Lipinski definition) is 5. The summed E-state index contributed by atoms with van der Waals surface area (Å²) in [5, 5.41) is 4.60. The van der Waals surface area contributed by atoms with Gasteiger partial charge in [-0.25, -0.2) is 4.98 Å². The van der Waals surface area contributed by atoms with Gasteiger partial charge in [0.25, 0.3) is 5.22 Å². The zero-order valence-corrected chi connectivity index (χ0v) is 12.4. The van der Waals surface area contributed by atoms with Crippen LogP contribution >= 0.6 is 11.8 Å². The number of benzene rings is 1. The van der Waals surface area contributed by atoms with E-state index in [4.69, 9.17) is 9.15 Å². The fourth-order valence-corrected chi connectivity index (χ4v) is 3.91. The molecule has 1 aliphatic carbocycles. The molecule has 0 saturated carbocycles. The minimum absolute atomic E-state index is 0.307. The largest absolute Gasteiger partial charge is 0.497 e. The average molecular weight is 290 g/mol. The van der Waals surface area contributed by atoms with Crippen molar-refractivity contribution in [3.8, 4) is 5.75 Å². The van der Waals surface area contributed by atoms with Gasteiger partial charge in [-0.3, -0.25) is 0 Å². The molecule has 0 radical (unpaired) electrons. The number of nitrogens with zero attached hydrogens (tertiary/aromatic N) is 1. The number of oxazole rings is 1. The summed E-state index contributed by atoms with van der Waals surface area (Å²) >= 11 is 1.71. The maximum atomic E-state index is 5.36. The Balaban J connectivity index is 1.85. The van der Waals surface area contributed by atoms with Crippen molar-refractivity contribution in [2.45, 2.75) is 29.4 Å². The highest BCUT2D eigenvalue weighted by Crippen LogP contribution is 2.40. The zero-order chi connectivity index (χ0) is 13.9. The van der Waals surface area contributed by atoms with E-state index in [0.29, 0.717) is 11.3 Å². The third-order valence-electron chi connectivity index (χ3n) is 3.73. The summed E-state index contributed by atoms with van der Waals surface area (Å²) in [5.74, 6) is 0.928. The molecule has 0 spiro atoms. The van der Waals surface area contributed by atoms with Gasteiger partial charge in [0.15, 0.2) is 0 Å². The maximum Gasteiger partial charge on any atom is 0.255 e. The molecule has 2 atom stereocenters. The number of aromatic nitrogens is 1. The van der Waals surface area contributed by atoms with Crippen molar-refractivity contribution in [1.82, 2.24) is 10.3 Å². The first kappa shape index (κ1) is 13.5. The fraction of sp³-hybridized carbons (Fsp3) is 0.400. The van der Waals surface area contributed by atoms with Crippen molar-refractivity contribution < 1.29 is 9.15 Å². The highest BCUT2D eigenvalue weighted by Gasteiger charge is 2.30. The van der Waals surface area contributed by atoms with E-state index in [1.165, 1.54) is 11.1 Å². The van der Waals surface area contributed by atoms with E-state index in [9.17, 15) is 0 Å². The summed E-state index contributed by atoms with van der Waals surface area (Å²) in [6.45, 7) is 0. The Bertz CT molecular complexity index is 571. The number of methoxy groups -OCH3 is 1. The van der Waals surface area contributed by atoms with Crippen LogP contribution in [0.1, 0.15) is 23.6 Å². The van der Waals surface area contributed by atoms with Gasteiger partial charge in [-0.2, -0.15) is 0 Å². The van der Waals surface area contributed by atoms with Gasteiger partial charge in [-0.05, 0) is 43.1 Å². The molecular formula is C15H18N2O2S. The molecule has 106 valence electrons. The Morgan fingerprint density at radius 3 is 3.05 bits per heavy atom. The van der Waals surface area contributed by atoms with Crippen LogP contribution in [-0.2, 0) is 6.42 Å². The second-order valence-electron chi connectivity index (χ2n) is 4.82. The Hall–Kier alpha value is -1.46. The molecule has 1 heterocycles. The van der Waals surface area contributed by atoms with Gasteiger partial charge in [0.05, 0.1) is 13.3 Å². The van der Waals surface area contributed by atoms with E-state index in [2.05, 4.69) is 22.4 Å². The fourth-order valence-electron chi connectivity index (χ4n) is 2.76. The van der Waals surface area contributed by atoms with E-state index < -0.39 is 0 Å². The molecule has 0 amide bonds. The SMILES string of the molecule is CNC1c2ccc(OC)cc2CCC1Sc1ncco1. The van der Waals surface area contributed by atoms with E-state index in [0.717, 1.165) is 23.8 Å². The second kappa shape index (κ2) is 5.89. The van der Waals surface area contributed by atoms with Gasteiger partial charge in [-0.15, -0.1) is 0 Å². The number of thioether (sulfide) groups is 1. The predicted molar refractivity (Wildman–Crippen MR) is 79.3 cm³/mol. The first-order valence-electron chi connectivity index (χ1n) is 6.72. The lowest BCUT2D eigenvalue weighted by Gasteiger charge is -2.32. The topological polar surface area (TPSA) is 47.3 Å². The molecule has 1 aliphatic rings. The lowest BCUT2D eigenvalue weighted by molar-refractivity contribution is 0.412. The highest BCUT2D eigenvalue weighted by molar-refractivity contribution is 7.99. The van der Waals surface area contributed by atoms with E-state index in [1.54, 1.807) is 31.3 Å². The molecule has 1 aromatic carbocycles. The Morgan fingerprint density at radius 1 is 1.45 bits per heavy atom. The molecule has 2 unspecified atom stereocenters. The molecule has 1 N–H and O–H groups in total. The normalized spacial score (nSPS) is 21.5. The minimum atomic E-state index is 0.307. The number of hydrogen-bond donors (Lipinski definition) is 1. The van der Waals surface area contributed by atoms with Crippen LogP contribution in [0.2, 0.25) is 0 Å². The smallest absolute Gasteiger partial charge is 0.255 e. The van der Waals surface area contributed by atoms with Crippen LogP contribution < -0.4 is 10.1 Å². The monoisotopic (exact) mass is 290 g/mol. The molecule has 3 rings (SSSR count). The Morgan fingerprint density at radius 2 is 2.35 bits per heavy atom. The van der Waals surface area contributed by atoms with Gasteiger partial charge in [-0.1, -0.05) is 17.8 Å². The number of rotatable bonds is 4. The molecule has 20 heavy (non-hydrogen) atoms. The molecule has 4 nitrogen and oxygen atoms in total. The van der Waals surface area contributed by atoms with Gasteiger partial charge in [0, 0.05) is 11.3 Å². The molecule has 0 saturated heterocycles. The average Bonchev–Trinajstić information content (AvgIpc) is 2.99. The molecule has 0 bridgehead atoms. The quantitative estimate of drug-likeness (QED) is 0.937. The lowest BCUT2D eigenvalue weighted by atomic mass is 9.87. The van der Waals surface area contributed by atoms with Gasteiger partial charge < -0.3 is 14.5 Å². The number of ether oxygens (including phenoxy) is 1. The van der Waals surface area contributed by atoms with Crippen LogP contribution in [0.4, 0.5) is 0 Å². The minimum Gasteiger partial charge on any atom is -0.497 e. The molecular weight excluding hydrogens is 272 g/mol. The summed E-state index contributed by atoms with van der Waals surface area (Å²) in [4.78, 5) is 4.21. The van der Waals surface area contributed by atoms with E-state index in [1.807, 2.05) is 13.1 Å². The third-order valence-corrected chi connectivity index (χ3v) is 4.94. The van der Waals surface area contributed by atoms with Crippen LogP contribution in [0.25, 0.3) is 0 Å². The zero-order valence-electron chi connectivity index (χ0n) is 11.6. The lowest BCUT2D eigenvalue weighted by Crippen LogP contribution is -2.32. The van der Waals surface area contributed by atoms with Crippen LogP contribution in [0, 0.1) is 0 Å². The summed E-state index contributed by atoms with van der Waals surface area (Å²) in [6.07, 6.45) is 5.47.